The Morgan fingerprint density at radius 2 is 1.75 bits per heavy atom. The second-order valence-corrected chi connectivity index (χ2v) is 9.51. The van der Waals surface area contributed by atoms with E-state index in [1.54, 1.807) is 30.3 Å². The second-order valence-electron chi connectivity index (χ2n) is 9.07. The van der Waals surface area contributed by atoms with Crippen molar-refractivity contribution in [1.82, 2.24) is 9.88 Å². The molecule has 190 valence electrons. The van der Waals surface area contributed by atoms with Crippen LogP contribution in [0.5, 0.6) is 0 Å². The van der Waals surface area contributed by atoms with Crippen LogP contribution in [-0.2, 0) is 9.59 Å². The third kappa shape index (κ3) is 5.70. The molecule has 0 unspecified atom stereocenters. The number of pyridine rings is 1. The summed E-state index contributed by atoms with van der Waals surface area (Å²) in [5, 5.41) is 6.73. The summed E-state index contributed by atoms with van der Waals surface area (Å²) in [5.74, 6) is -0.471. The molecule has 4 rings (SSSR count). The largest absolute Gasteiger partial charge is 0.449 e. The molecule has 2 heterocycles. The summed E-state index contributed by atoms with van der Waals surface area (Å²) >= 11 is 5.88. The van der Waals surface area contributed by atoms with Crippen LogP contribution in [0, 0.1) is 11.8 Å². The van der Waals surface area contributed by atoms with Crippen LogP contribution in [0.2, 0.25) is 5.02 Å². The quantitative estimate of drug-likeness (QED) is 0.402. The van der Waals surface area contributed by atoms with Crippen LogP contribution in [0.15, 0.2) is 47.0 Å². The molecular formula is C27H31ClN4O4. The maximum absolute atomic E-state index is 13.2. The van der Waals surface area contributed by atoms with Crippen molar-refractivity contribution in [1.29, 1.82) is 0 Å². The van der Waals surface area contributed by atoms with Crippen molar-refractivity contribution in [3.63, 3.8) is 0 Å². The van der Waals surface area contributed by atoms with Crippen LogP contribution >= 0.6 is 11.6 Å². The van der Waals surface area contributed by atoms with E-state index in [1.807, 2.05) is 17.9 Å². The molecule has 0 aliphatic heterocycles. The van der Waals surface area contributed by atoms with Crippen molar-refractivity contribution in [3.05, 3.63) is 53.4 Å². The number of furan rings is 1. The number of fused-ring (bicyclic) bond motifs is 1. The highest BCUT2D eigenvalue weighted by Gasteiger charge is 2.33. The number of nitrogens with one attached hydrogen (secondary N) is 2. The number of benzene rings is 1. The molecule has 2 N–H and O–H groups in total. The zero-order valence-electron chi connectivity index (χ0n) is 20.6. The van der Waals surface area contributed by atoms with Gasteiger partial charge in [-0.15, -0.1) is 0 Å². The molecule has 9 heteroatoms. The Hall–Kier alpha value is -3.39. The van der Waals surface area contributed by atoms with Crippen LogP contribution in [0.25, 0.3) is 11.0 Å². The molecule has 0 spiro atoms. The van der Waals surface area contributed by atoms with Gasteiger partial charge in [0.2, 0.25) is 17.6 Å². The van der Waals surface area contributed by atoms with Crippen molar-refractivity contribution >= 4 is 51.8 Å². The van der Waals surface area contributed by atoms with Gasteiger partial charge in [-0.2, -0.15) is 0 Å². The summed E-state index contributed by atoms with van der Waals surface area (Å²) < 4.78 is 5.82. The van der Waals surface area contributed by atoms with Crippen molar-refractivity contribution in [2.75, 3.05) is 23.7 Å². The summed E-state index contributed by atoms with van der Waals surface area (Å²) in [5.41, 5.74) is 0.826. The first-order valence-electron chi connectivity index (χ1n) is 12.4. The fraction of sp³-hybridized carbons (Fsp3) is 0.407. The Bertz CT molecular complexity index is 1230. The van der Waals surface area contributed by atoms with E-state index in [1.165, 1.54) is 6.20 Å². The molecule has 0 bridgehead atoms. The molecule has 1 saturated carbocycles. The highest BCUT2D eigenvalue weighted by Crippen LogP contribution is 2.35. The SMILES string of the molecule is CCCN(CC)C(=O)C1CCC(C(=O)Nc2c(C(=O)Nc3ccc(Cl)cn3)oc3ccccc23)CC1. The number of amides is 3. The summed E-state index contributed by atoms with van der Waals surface area (Å²) in [4.78, 5) is 45.1. The average Bonchev–Trinajstić information content (AvgIpc) is 3.26. The molecule has 36 heavy (non-hydrogen) atoms. The predicted octanol–water partition coefficient (Wildman–Crippen LogP) is 5.74. The number of hydrogen-bond donors (Lipinski definition) is 2. The zero-order valence-corrected chi connectivity index (χ0v) is 21.3. The minimum Gasteiger partial charge on any atom is -0.449 e. The molecule has 3 amide bonds. The molecule has 3 aromatic rings. The molecular weight excluding hydrogens is 480 g/mol. The number of anilines is 2. The molecule has 8 nitrogen and oxygen atoms in total. The van der Waals surface area contributed by atoms with Crippen molar-refractivity contribution in [3.8, 4) is 0 Å². The Morgan fingerprint density at radius 3 is 2.42 bits per heavy atom. The summed E-state index contributed by atoms with van der Waals surface area (Å²) in [6.07, 6.45) is 4.97. The normalized spacial score (nSPS) is 17.5. The Kier molecular flexibility index (Phi) is 8.25. The van der Waals surface area contributed by atoms with Gasteiger partial charge in [-0.05, 0) is 63.3 Å². The van der Waals surface area contributed by atoms with Gasteiger partial charge in [-0.1, -0.05) is 30.7 Å². The standard InChI is InChI=1S/C27H31ClN4O4/c1-3-15-32(4-2)27(35)18-11-9-17(10-12-18)25(33)31-23-20-7-5-6-8-21(20)36-24(23)26(34)30-22-14-13-19(28)16-29-22/h5-8,13-14,16-18H,3-4,9-12,15H2,1-2H3,(H,31,33)(H,29,30,34). The smallest absolute Gasteiger partial charge is 0.294 e. The van der Waals surface area contributed by atoms with Gasteiger partial charge in [-0.3, -0.25) is 14.4 Å². The lowest BCUT2D eigenvalue weighted by molar-refractivity contribution is -0.137. The summed E-state index contributed by atoms with van der Waals surface area (Å²) in [6.45, 7) is 5.53. The molecule has 0 atom stereocenters. The number of carbonyl (C=O) groups excluding carboxylic acids is 3. The molecule has 0 radical (unpaired) electrons. The van der Waals surface area contributed by atoms with Crippen LogP contribution in [0.3, 0.4) is 0 Å². The van der Waals surface area contributed by atoms with E-state index in [2.05, 4.69) is 22.5 Å². The molecule has 1 fully saturated rings. The molecule has 1 aromatic carbocycles. The van der Waals surface area contributed by atoms with E-state index in [0.717, 1.165) is 13.0 Å². The summed E-state index contributed by atoms with van der Waals surface area (Å²) in [6, 6.07) is 10.4. The zero-order chi connectivity index (χ0) is 25.7. The monoisotopic (exact) mass is 510 g/mol. The minimum atomic E-state index is -0.527. The van der Waals surface area contributed by atoms with Gasteiger partial charge in [0.25, 0.3) is 5.91 Å². The number of halogens is 1. The van der Waals surface area contributed by atoms with Gasteiger partial charge in [0.15, 0.2) is 0 Å². The average molecular weight is 511 g/mol. The first-order chi connectivity index (χ1) is 17.4. The maximum atomic E-state index is 13.2. The third-order valence-electron chi connectivity index (χ3n) is 6.65. The van der Waals surface area contributed by atoms with Gasteiger partial charge >= 0.3 is 0 Å². The molecule has 2 aromatic heterocycles. The molecule has 0 saturated heterocycles. The van der Waals surface area contributed by atoms with E-state index in [4.69, 9.17) is 16.0 Å². The van der Waals surface area contributed by atoms with E-state index in [-0.39, 0.29) is 29.4 Å². The number of hydrogen-bond acceptors (Lipinski definition) is 5. The first-order valence-corrected chi connectivity index (χ1v) is 12.8. The van der Waals surface area contributed by atoms with Gasteiger partial charge < -0.3 is 20.0 Å². The number of rotatable bonds is 8. The van der Waals surface area contributed by atoms with E-state index < -0.39 is 5.91 Å². The highest BCUT2D eigenvalue weighted by atomic mass is 35.5. The number of aromatic nitrogens is 1. The van der Waals surface area contributed by atoms with Gasteiger partial charge in [0, 0.05) is 36.5 Å². The van der Waals surface area contributed by atoms with Gasteiger partial charge in [0.05, 0.1) is 5.02 Å². The second kappa shape index (κ2) is 11.6. The van der Waals surface area contributed by atoms with Crippen LogP contribution in [-0.4, -0.2) is 40.7 Å². The summed E-state index contributed by atoms with van der Waals surface area (Å²) in [7, 11) is 0. The Labute approximate surface area is 215 Å². The highest BCUT2D eigenvalue weighted by molar-refractivity contribution is 6.30. The van der Waals surface area contributed by atoms with Gasteiger partial charge in [0.1, 0.15) is 17.1 Å². The molecule has 1 aliphatic carbocycles. The minimum absolute atomic E-state index is 0.00307. The van der Waals surface area contributed by atoms with Crippen molar-refractivity contribution in [2.24, 2.45) is 11.8 Å². The predicted molar refractivity (Wildman–Crippen MR) is 140 cm³/mol. The molecule has 1 aliphatic rings. The fourth-order valence-corrected chi connectivity index (χ4v) is 4.84. The number of carbonyl (C=O) groups is 3. The van der Waals surface area contributed by atoms with Crippen LogP contribution in [0.4, 0.5) is 11.5 Å². The lowest BCUT2D eigenvalue weighted by Crippen LogP contribution is -2.39. The van der Waals surface area contributed by atoms with E-state index in [0.29, 0.717) is 59.7 Å². The van der Waals surface area contributed by atoms with E-state index in [9.17, 15) is 14.4 Å². The number of nitrogens with zero attached hydrogens (tertiary/aromatic N) is 2. The van der Waals surface area contributed by atoms with E-state index >= 15 is 0 Å². The van der Waals surface area contributed by atoms with Crippen molar-refractivity contribution in [2.45, 2.75) is 46.0 Å². The topological polar surface area (TPSA) is 105 Å². The Morgan fingerprint density at radius 1 is 1.03 bits per heavy atom. The lowest BCUT2D eigenvalue weighted by Gasteiger charge is -2.31. The third-order valence-corrected chi connectivity index (χ3v) is 6.88. The van der Waals surface area contributed by atoms with Crippen LogP contribution in [0.1, 0.15) is 56.5 Å². The lowest BCUT2D eigenvalue weighted by atomic mass is 9.80. The number of para-hydroxylation sites is 1. The first kappa shape index (κ1) is 25.7. The maximum Gasteiger partial charge on any atom is 0.294 e. The Balaban J connectivity index is 1.47. The van der Waals surface area contributed by atoms with Gasteiger partial charge in [-0.25, -0.2) is 4.98 Å². The van der Waals surface area contributed by atoms with Crippen molar-refractivity contribution < 1.29 is 18.8 Å². The fourth-order valence-electron chi connectivity index (χ4n) is 4.73. The van der Waals surface area contributed by atoms with Crippen LogP contribution < -0.4 is 10.6 Å².